The molecule has 1 aliphatic carbocycles. The lowest BCUT2D eigenvalue weighted by Gasteiger charge is -2.28. The quantitative estimate of drug-likeness (QED) is 0.598. The Morgan fingerprint density at radius 1 is 1.61 bits per heavy atom. The minimum absolute atomic E-state index is 0.145. The van der Waals surface area contributed by atoms with Gasteiger partial charge < -0.3 is 9.87 Å². The van der Waals surface area contributed by atoms with E-state index in [-0.39, 0.29) is 5.25 Å². The summed E-state index contributed by atoms with van der Waals surface area (Å²) in [5.74, 6) is 0. The number of rotatable bonds is 5. The highest BCUT2D eigenvalue weighted by Gasteiger charge is 2.25. The van der Waals surface area contributed by atoms with Crippen molar-refractivity contribution in [3.8, 4) is 0 Å². The summed E-state index contributed by atoms with van der Waals surface area (Å²) in [6.45, 7) is 9.48. The van der Waals surface area contributed by atoms with Gasteiger partial charge in [-0.3, -0.25) is 0 Å². The summed E-state index contributed by atoms with van der Waals surface area (Å²) in [5, 5.41) is 3.39. The maximum atomic E-state index is 10.9. The molecule has 3 atom stereocenters. The van der Waals surface area contributed by atoms with Gasteiger partial charge in [-0.15, -0.1) is 0 Å². The highest BCUT2D eigenvalue weighted by atomic mass is 32.2. The molecular formula is C14H27NO2S. The monoisotopic (exact) mass is 273 g/mol. The van der Waals surface area contributed by atoms with Crippen molar-refractivity contribution in [3.05, 3.63) is 11.6 Å². The zero-order valence-corrected chi connectivity index (χ0v) is 12.8. The minimum atomic E-state index is -1.69. The normalized spacial score (nSPS) is 27.2. The van der Waals surface area contributed by atoms with Gasteiger partial charge in [-0.25, -0.2) is 4.21 Å². The van der Waals surface area contributed by atoms with Gasteiger partial charge in [0, 0.05) is 6.04 Å². The molecule has 0 aromatic carbocycles. The predicted octanol–water partition coefficient (Wildman–Crippen LogP) is 3.10. The third kappa shape index (κ3) is 5.63. The summed E-state index contributed by atoms with van der Waals surface area (Å²) >= 11 is -1.69. The average Bonchev–Trinajstić information content (AvgIpc) is 2.36. The molecule has 3 nitrogen and oxygen atoms in total. The molecule has 0 bridgehead atoms. The molecule has 0 spiro atoms. The largest absolute Gasteiger partial charge is 0.314 e. The van der Waals surface area contributed by atoms with Gasteiger partial charge in [0.2, 0.25) is 0 Å². The number of allylic oxidation sites excluding steroid dienone is 1. The van der Waals surface area contributed by atoms with E-state index in [1.165, 1.54) is 12.0 Å². The maximum absolute atomic E-state index is 10.9. The van der Waals surface area contributed by atoms with Crippen molar-refractivity contribution in [2.45, 2.75) is 64.7 Å². The Hall–Kier alpha value is -0.190. The van der Waals surface area contributed by atoms with E-state index in [1.807, 2.05) is 6.92 Å². The first-order chi connectivity index (χ1) is 8.30. The molecule has 0 radical (unpaired) electrons. The molecule has 1 aliphatic rings. The van der Waals surface area contributed by atoms with Crippen LogP contribution in [0.2, 0.25) is 0 Å². The van der Waals surface area contributed by atoms with E-state index in [9.17, 15) is 4.21 Å². The van der Waals surface area contributed by atoms with E-state index in [0.29, 0.717) is 11.5 Å². The van der Waals surface area contributed by atoms with Crippen molar-refractivity contribution >= 4 is 11.1 Å². The molecule has 4 heteroatoms. The van der Waals surface area contributed by atoms with Crippen LogP contribution in [0.5, 0.6) is 0 Å². The lowest BCUT2D eigenvalue weighted by Crippen LogP contribution is -2.34. The zero-order chi connectivity index (χ0) is 13.8. The Balaban J connectivity index is 2.40. The van der Waals surface area contributed by atoms with Crippen LogP contribution in [0.15, 0.2) is 11.6 Å². The topological polar surface area (TPSA) is 49.3 Å². The molecule has 1 rings (SSSR count). The third-order valence-electron chi connectivity index (χ3n) is 3.64. The second kappa shape index (κ2) is 6.83. The van der Waals surface area contributed by atoms with E-state index >= 15 is 0 Å². The Morgan fingerprint density at radius 3 is 2.89 bits per heavy atom. The van der Waals surface area contributed by atoms with Crippen LogP contribution in [0.3, 0.4) is 0 Å². The van der Waals surface area contributed by atoms with Gasteiger partial charge in [-0.05, 0) is 51.5 Å². The predicted molar refractivity (Wildman–Crippen MR) is 78.0 cm³/mol. The first kappa shape index (κ1) is 15.9. The van der Waals surface area contributed by atoms with Gasteiger partial charge in [-0.1, -0.05) is 25.5 Å². The summed E-state index contributed by atoms with van der Waals surface area (Å²) < 4.78 is 19.8. The lowest BCUT2D eigenvalue weighted by atomic mass is 9.82. The second-order valence-corrected chi connectivity index (χ2v) is 7.71. The van der Waals surface area contributed by atoms with Crippen molar-refractivity contribution in [1.82, 2.24) is 5.32 Å². The highest BCUT2D eigenvalue weighted by molar-refractivity contribution is 7.79. The molecule has 106 valence electrons. The highest BCUT2D eigenvalue weighted by Crippen LogP contribution is 2.34. The van der Waals surface area contributed by atoms with Crippen molar-refractivity contribution in [3.63, 3.8) is 0 Å². The summed E-state index contributed by atoms with van der Waals surface area (Å²) in [4.78, 5) is 0. The fourth-order valence-corrected chi connectivity index (χ4v) is 3.06. The van der Waals surface area contributed by atoms with Crippen LogP contribution in [0, 0.1) is 5.41 Å². The maximum Gasteiger partial charge on any atom is 0.155 e. The van der Waals surface area contributed by atoms with E-state index in [0.717, 1.165) is 25.8 Å². The van der Waals surface area contributed by atoms with Crippen molar-refractivity contribution < 1.29 is 8.76 Å². The van der Waals surface area contributed by atoms with Crippen LogP contribution in [-0.4, -0.2) is 26.6 Å². The van der Waals surface area contributed by atoms with Crippen LogP contribution in [0.1, 0.15) is 53.4 Å². The minimum Gasteiger partial charge on any atom is -0.314 e. The SMILES string of the molecule is CC1=CCC(NCCC(C)S(=O)O)CC(C)(C)C1. The van der Waals surface area contributed by atoms with Crippen LogP contribution in [-0.2, 0) is 11.1 Å². The van der Waals surface area contributed by atoms with Gasteiger partial charge in [-0.2, -0.15) is 0 Å². The standard InChI is InChI=1S/C14H27NO2S/c1-11-5-6-13(10-14(3,4)9-11)15-8-7-12(2)18(16)17/h5,12-13,15H,6-10H2,1-4H3,(H,16,17). The smallest absolute Gasteiger partial charge is 0.155 e. The summed E-state index contributed by atoms with van der Waals surface area (Å²) in [5.41, 5.74) is 1.83. The molecule has 3 unspecified atom stereocenters. The number of nitrogens with one attached hydrogen (secondary N) is 1. The van der Waals surface area contributed by atoms with Gasteiger partial charge >= 0.3 is 0 Å². The second-order valence-electron chi connectivity index (χ2n) is 6.36. The summed E-state index contributed by atoms with van der Waals surface area (Å²) in [6, 6.07) is 0.497. The van der Waals surface area contributed by atoms with Crippen LogP contribution < -0.4 is 5.32 Å². The van der Waals surface area contributed by atoms with Gasteiger partial charge in [0.15, 0.2) is 11.1 Å². The molecular weight excluding hydrogens is 246 g/mol. The fraction of sp³-hybridized carbons (Fsp3) is 0.857. The van der Waals surface area contributed by atoms with Crippen molar-refractivity contribution in [1.29, 1.82) is 0 Å². The summed E-state index contributed by atoms with van der Waals surface area (Å²) in [6.07, 6.45) is 6.49. The third-order valence-corrected chi connectivity index (χ3v) is 4.56. The molecule has 2 N–H and O–H groups in total. The van der Waals surface area contributed by atoms with E-state index in [2.05, 4.69) is 32.2 Å². The van der Waals surface area contributed by atoms with Gasteiger partial charge in [0.05, 0.1) is 5.25 Å². The van der Waals surface area contributed by atoms with E-state index in [4.69, 9.17) is 4.55 Å². The molecule has 0 saturated carbocycles. The fourth-order valence-electron chi connectivity index (χ4n) is 2.74. The molecule has 0 amide bonds. The molecule has 18 heavy (non-hydrogen) atoms. The van der Waals surface area contributed by atoms with Crippen LogP contribution >= 0.6 is 0 Å². The average molecular weight is 273 g/mol. The number of hydrogen-bond donors (Lipinski definition) is 2. The van der Waals surface area contributed by atoms with Crippen LogP contribution in [0.4, 0.5) is 0 Å². The Labute approximate surface area is 114 Å². The Kier molecular flexibility index (Phi) is 6.02. The van der Waals surface area contributed by atoms with Gasteiger partial charge in [0.1, 0.15) is 0 Å². The molecule has 0 fully saturated rings. The first-order valence-corrected chi connectivity index (χ1v) is 7.96. The van der Waals surface area contributed by atoms with Crippen LogP contribution in [0.25, 0.3) is 0 Å². The molecule has 0 heterocycles. The first-order valence-electron chi connectivity index (χ1n) is 6.79. The molecule has 0 aliphatic heterocycles. The molecule has 0 saturated heterocycles. The summed E-state index contributed by atoms with van der Waals surface area (Å²) in [7, 11) is 0. The Bertz CT molecular complexity index is 326. The van der Waals surface area contributed by atoms with Crippen molar-refractivity contribution in [2.24, 2.45) is 5.41 Å². The Morgan fingerprint density at radius 2 is 2.28 bits per heavy atom. The van der Waals surface area contributed by atoms with E-state index < -0.39 is 11.1 Å². The molecule has 0 aromatic rings. The molecule has 0 aromatic heterocycles. The zero-order valence-electron chi connectivity index (χ0n) is 12.0. The van der Waals surface area contributed by atoms with Crippen molar-refractivity contribution in [2.75, 3.05) is 6.54 Å². The van der Waals surface area contributed by atoms with E-state index in [1.54, 1.807) is 0 Å². The van der Waals surface area contributed by atoms with Gasteiger partial charge in [0.25, 0.3) is 0 Å². The number of hydrogen-bond acceptors (Lipinski definition) is 2. The lowest BCUT2D eigenvalue weighted by molar-refractivity contribution is 0.286.